The quantitative estimate of drug-likeness (QED) is 0.0574. The fourth-order valence-corrected chi connectivity index (χ4v) is 4.05. The molecule has 0 spiro atoms. The third kappa shape index (κ3) is 15.8. The number of hydroxylamine groups is 1. The monoisotopic (exact) mass is 584 g/mol. The molecule has 0 aliphatic heterocycles. The fourth-order valence-electron chi connectivity index (χ4n) is 4.05. The number of alkyl carbamates (subject to hydrolysis) is 1. The van der Waals surface area contributed by atoms with Crippen molar-refractivity contribution < 1.29 is 29.1 Å². The van der Waals surface area contributed by atoms with Crippen LogP contribution < -0.4 is 21.4 Å². The van der Waals surface area contributed by atoms with Crippen LogP contribution in [0.1, 0.15) is 70.8 Å². The van der Waals surface area contributed by atoms with Gasteiger partial charge in [0.2, 0.25) is 11.8 Å². The second kappa shape index (κ2) is 20.9. The number of ketones is 1. The predicted molar refractivity (Wildman–Crippen MR) is 163 cm³/mol. The van der Waals surface area contributed by atoms with Gasteiger partial charge in [0.05, 0.1) is 0 Å². The van der Waals surface area contributed by atoms with E-state index in [1.807, 2.05) is 56.5 Å². The summed E-state index contributed by atoms with van der Waals surface area (Å²) in [6, 6.07) is 9.35. The molecule has 1 unspecified atom stereocenters. The van der Waals surface area contributed by atoms with Crippen molar-refractivity contribution >= 4 is 23.7 Å². The molecular weight excluding hydrogens is 536 g/mol. The maximum atomic E-state index is 13.2. The van der Waals surface area contributed by atoms with Crippen molar-refractivity contribution in [2.75, 3.05) is 19.6 Å². The number of benzene rings is 1. The Morgan fingerprint density at radius 1 is 0.952 bits per heavy atom. The van der Waals surface area contributed by atoms with Crippen LogP contribution in [0, 0.1) is 11.3 Å². The van der Waals surface area contributed by atoms with Gasteiger partial charge in [0.15, 0.2) is 0 Å². The average molecular weight is 585 g/mol. The molecule has 42 heavy (non-hydrogen) atoms. The van der Waals surface area contributed by atoms with E-state index in [9.17, 15) is 19.2 Å². The van der Waals surface area contributed by atoms with Crippen LogP contribution in [0.5, 0.6) is 0 Å². The molecule has 10 nitrogen and oxygen atoms in total. The zero-order chi connectivity index (χ0) is 31.2. The van der Waals surface area contributed by atoms with Gasteiger partial charge < -0.3 is 20.7 Å². The lowest BCUT2D eigenvalue weighted by Crippen LogP contribution is -2.34. The van der Waals surface area contributed by atoms with E-state index in [1.165, 1.54) is 0 Å². The van der Waals surface area contributed by atoms with Crippen LogP contribution in [0.3, 0.4) is 0 Å². The summed E-state index contributed by atoms with van der Waals surface area (Å²) in [5, 5.41) is 17.4. The number of Topliss-reactive ketones (excluding diaryl/α,β-unsaturated/α-hetero) is 1. The molecule has 10 heteroatoms. The molecule has 1 rings (SSSR count). The highest BCUT2D eigenvalue weighted by Gasteiger charge is 2.28. The molecule has 0 heterocycles. The lowest BCUT2D eigenvalue weighted by atomic mass is 9.78. The van der Waals surface area contributed by atoms with Gasteiger partial charge in [0.25, 0.3) is 0 Å². The Bertz CT molecular complexity index is 1040. The van der Waals surface area contributed by atoms with Crippen molar-refractivity contribution in [2.24, 2.45) is 11.3 Å². The number of nitrogens with one attached hydrogen (secondary N) is 4. The van der Waals surface area contributed by atoms with Crippen LogP contribution in [0.2, 0.25) is 0 Å². The SMILES string of the molecule is C=CCN/C=C(/CC(CC(=O)CCCNC(=O)OCc1ccccc1)C(=O)NCCCCCC(=O)NO)C(C)(C)C=C. The van der Waals surface area contributed by atoms with Gasteiger partial charge in [-0.05, 0) is 43.0 Å². The summed E-state index contributed by atoms with van der Waals surface area (Å²) in [5.74, 6) is -1.31. The molecule has 1 aromatic rings. The molecule has 0 fully saturated rings. The standard InChI is InChI=1S/C32H48N4O6/c1-5-18-33-23-27(32(3,4)6-2)21-26(30(39)34-19-12-8-11-17-29(38)36-41)22-28(37)16-13-20-35-31(40)42-24-25-14-9-7-10-15-25/h5-7,9-10,14-15,23,26,33,41H,1-2,8,11-13,16-22,24H2,3-4H3,(H,34,39)(H,35,40)(H,36,38)/b27-23-. The molecule has 232 valence electrons. The summed E-state index contributed by atoms with van der Waals surface area (Å²) in [5.41, 5.74) is 3.01. The van der Waals surface area contributed by atoms with Crippen LogP contribution in [0.15, 0.2) is 67.4 Å². The maximum Gasteiger partial charge on any atom is 0.407 e. The minimum absolute atomic E-state index is 0.0625. The van der Waals surface area contributed by atoms with Gasteiger partial charge in [-0.25, -0.2) is 10.3 Å². The Balaban J connectivity index is 2.69. The van der Waals surface area contributed by atoms with Gasteiger partial charge in [-0.1, -0.05) is 62.8 Å². The summed E-state index contributed by atoms with van der Waals surface area (Å²) in [6.07, 6.45) is 8.11. The van der Waals surface area contributed by atoms with Gasteiger partial charge in [-0.15, -0.1) is 13.2 Å². The Morgan fingerprint density at radius 3 is 2.33 bits per heavy atom. The molecule has 0 saturated heterocycles. The van der Waals surface area contributed by atoms with Gasteiger partial charge in [0.1, 0.15) is 12.4 Å². The average Bonchev–Trinajstić information content (AvgIpc) is 2.99. The van der Waals surface area contributed by atoms with Crippen LogP contribution in [-0.2, 0) is 25.7 Å². The van der Waals surface area contributed by atoms with E-state index in [-0.39, 0.29) is 44.1 Å². The van der Waals surface area contributed by atoms with Gasteiger partial charge in [0, 0.05) is 50.2 Å². The van der Waals surface area contributed by atoms with Crippen LogP contribution in [-0.4, -0.2) is 48.5 Å². The van der Waals surface area contributed by atoms with Crippen molar-refractivity contribution in [1.82, 2.24) is 21.4 Å². The Morgan fingerprint density at radius 2 is 1.67 bits per heavy atom. The lowest BCUT2D eigenvalue weighted by Gasteiger charge is -2.28. The fraction of sp³-hybridized carbons (Fsp3) is 0.500. The number of hydrogen-bond donors (Lipinski definition) is 5. The number of allylic oxidation sites excluding steroid dienone is 2. The molecule has 1 aromatic carbocycles. The smallest absolute Gasteiger partial charge is 0.407 e. The Labute approximate surface area is 250 Å². The van der Waals surface area contributed by atoms with Crippen molar-refractivity contribution in [1.29, 1.82) is 0 Å². The molecule has 0 saturated carbocycles. The maximum absolute atomic E-state index is 13.2. The predicted octanol–water partition coefficient (Wildman–Crippen LogP) is 4.71. The van der Waals surface area contributed by atoms with E-state index >= 15 is 0 Å². The number of unbranched alkanes of at least 4 members (excludes halogenated alkanes) is 2. The van der Waals surface area contributed by atoms with Crippen LogP contribution in [0.4, 0.5) is 4.79 Å². The first-order valence-corrected chi connectivity index (χ1v) is 14.5. The molecule has 0 aliphatic rings. The highest BCUT2D eigenvalue weighted by atomic mass is 16.5. The third-order valence-electron chi connectivity index (χ3n) is 6.81. The summed E-state index contributed by atoms with van der Waals surface area (Å²) in [4.78, 5) is 49.3. The van der Waals surface area contributed by atoms with Crippen molar-refractivity contribution in [3.05, 3.63) is 73.0 Å². The van der Waals surface area contributed by atoms with Crippen LogP contribution >= 0.6 is 0 Å². The topological polar surface area (TPSA) is 146 Å². The van der Waals surface area contributed by atoms with Gasteiger partial charge >= 0.3 is 6.09 Å². The van der Waals surface area contributed by atoms with Gasteiger partial charge in [-0.3, -0.25) is 19.6 Å². The Hall–Kier alpha value is -3.92. The molecular formula is C32H48N4O6. The van der Waals surface area contributed by atoms with E-state index in [4.69, 9.17) is 9.94 Å². The van der Waals surface area contributed by atoms with E-state index in [0.717, 1.165) is 11.1 Å². The Kier molecular flexibility index (Phi) is 18.0. The minimum Gasteiger partial charge on any atom is -0.445 e. The van der Waals surface area contributed by atoms with E-state index in [0.29, 0.717) is 45.2 Å². The largest absolute Gasteiger partial charge is 0.445 e. The molecule has 5 N–H and O–H groups in total. The van der Waals surface area contributed by atoms with Crippen molar-refractivity contribution in [2.45, 2.75) is 71.8 Å². The normalized spacial score (nSPS) is 12.0. The van der Waals surface area contributed by atoms with Crippen molar-refractivity contribution in [3.8, 4) is 0 Å². The second-order valence-electron chi connectivity index (χ2n) is 10.7. The van der Waals surface area contributed by atoms with Crippen molar-refractivity contribution in [3.63, 3.8) is 0 Å². The molecule has 0 aromatic heterocycles. The molecule has 1 atom stereocenters. The van der Waals surface area contributed by atoms with E-state index in [2.05, 4.69) is 29.1 Å². The minimum atomic E-state index is -0.586. The summed E-state index contributed by atoms with van der Waals surface area (Å²) in [7, 11) is 0. The third-order valence-corrected chi connectivity index (χ3v) is 6.81. The number of hydrogen-bond acceptors (Lipinski definition) is 7. The first kappa shape index (κ1) is 36.1. The number of amides is 3. The summed E-state index contributed by atoms with van der Waals surface area (Å²) < 4.78 is 5.19. The van der Waals surface area contributed by atoms with Crippen LogP contribution in [0.25, 0.3) is 0 Å². The second-order valence-corrected chi connectivity index (χ2v) is 10.7. The summed E-state index contributed by atoms with van der Waals surface area (Å²) >= 11 is 0. The van der Waals surface area contributed by atoms with Gasteiger partial charge in [-0.2, -0.15) is 0 Å². The number of carbonyl (C=O) groups excluding carboxylic acids is 4. The number of ether oxygens (including phenoxy) is 1. The number of rotatable bonds is 22. The zero-order valence-corrected chi connectivity index (χ0v) is 25.1. The molecule has 3 amide bonds. The van der Waals surface area contributed by atoms with E-state index in [1.54, 1.807) is 11.6 Å². The molecule has 0 bridgehead atoms. The zero-order valence-electron chi connectivity index (χ0n) is 25.1. The number of carbonyl (C=O) groups is 4. The highest BCUT2D eigenvalue weighted by molar-refractivity contribution is 5.87. The van der Waals surface area contributed by atoms with E-state index < -0.39 is 23.3 Å². The molecule has 0 aliphatic carbocycles. The summed E-state index contributed by atoms with van der Waals surface area (Å²) in [6.45, 7) is 13.1. The highest BCUT2D eigenvalue weighted by Crippen LogP contribution is 2.33. The first-order chi connectivity index (χ1) is 20.1. The first-order valence-electron chi connectivity index (χ1n) is 14.5. The molecule has 0 radical (unpaired) electrons. The lowest BCUT2D eigenvalue weighted by molar-refractivity contribution is -0.129.